The van der Waals surface area contributed by atoms with E-state index in [1.165, 1.54) is 23.1 Å². The third kappa shape index (κ3) is 6.02. The summed E-state index contributed by atoms with van der Waals surface area (Å²) in [6.07, 6.45) is -0.642. The predicted octanol–water partition coefficient (Wildman–Crippen LogP) is 0.729. The van der Waals surface area contributed by atoms with Crippen LogP contribution < -0.4 is 5.32 Å². The Kier molecular flexibility index (Phi) is 6.46. The summed E-state index contributed by atoms with van der Waals surface area (Å²) in [5.74, 6) is -2.53. The van der Waals surface area contributed by atoms with Gasteiger partial charge in [-0.15, -0.1) is 23.1 Å². The summed E-state index contributed by atoms with van der Waals surface area (Å²) in [5.41, 5.74) is 0.866. The molecule has 0 radical (unpaired) electrons. The van der Waals surface area contributed by atoms with Gasteiger partial charge >= 0.3 is 11.9 Å². The second-order valence-corrected chi connectivity index (χ2v) is 5.95. The van der Waals surface area contributed by atoms with Gasteiger partial charge in [-0.1, -0.05) is 0 Å². The standard InChI is InChI=1S/C11H14N2O5S2/c1-6-12-7(4-20-6)3-19-5-9(14)13-8(11(17)18)2-10(15)16/h4,8H,2-3,5H2,1H3,(H,13,14)(H,15,16)(H,17,18). The molecule has 0 aliphatic heterocycles. The number of rotatable bonds is 8. The van der Waals surface area contributed by atoms with Crippen LogP contribution in [0.3, 0.4) is 0 Å². The van der Waals surface area contributed by atoms with Gasteiger partial charge in [-0.25, -0.2) is 9.78 Å². The van der Waals surface area contributed by atoms with Crippen molar-refractivity contribution in [2.24, 2.45) is 0 Å². The molecule has 110 valence electrons. The zero-order valence-corrected chi connectivity index (χ0v) is 12.3. The maximum Gasteiger partial charge on any atom is 0.326 e. The smallest absolute Gasteiger partial charge is 0.326 e. The minimum Gasteiger partial charge on any atom is -0.481 e. The molecule has 3 N–H and O–H groups in total. The van der Waals surface area contributed by atoms with E-state index in [9.17, 15) is 14.4 Å². The lowest BCUT2D eigenvalue weighted by Gasteiger charge is -2.11. The minimum atomic E-state index is -1.40. The van der Waals surface area contributed by atoms with E-state index in [2.05, 4.69) is 10.3 Å². The third-order valence-electron chi connectivity index (χ3n) is 2.16. The lowest BCUT2D eigenvalue weighted by Crippen LogP contribution is -2.43. The molecule has 1 atom stereocenters. The molecular weight excluding hydrogens is 304 g/mol. The van der Waals surface area contributed by atoms with Crippen LogP contribution in [0.25, 0.3) is 0 Å². The number of carboxylic acid groups (broad SMARTS) is 2. The van der Waals surface area contributed by atoms with Crippen LogP contribution in [-0.2, 0) is 20.1 Å². The number of nitrogens with zero attached hydrogens (tertiary/aromatic N) is 1. The number of aromatic nitrogens is 1. The molecular formula is C11H14N2O5S2. The molecule has 7 nitrogen and oxygen atoms in total. The second-order valence-electron chi connectivity index (χ2n) is 3.91. The highest BCUT2D eigenvalue weighted by Gasteiger charge is 2.22. The van der Waals surface area contributed by atoms with E-state index in [1.54, 1.807) is 0 Å². The van der Waals surface area contributed by atoms with Gasteiger partial charge in [0.05, 0.1) is 22.9 Å². The van der Waals surface area contributed by atoms with Crippen molar-refractivity contribution in [3.63, 3.8) is 0 Å². The molecule has 0 aromatic carbocycles. The highest BCUT2D eigenvalue weighted by atomic mass is 32.2. The first-order chi connectivity index (χ1) is 9.38. The van der Waals surface area contributed by atoms with Crippen molar-refractivity contribution in [3.8, 4) is 0 Å². The molecule has 0 saturated carbocycles. The summed E-state index contributed by atoms with van der Waals surface area (Å²) in [5, 5.41) is 22.3. The Morgan fingerprint density at radius 3 is 2.65 bits per heavy atom. The minimum absolute atomic E-state index is 0.0555. The van der Waals surface area contributed by atoms with Gasteiger partial charge < -0.3 is 15.5 Å². The van der Waals surface area contributed by atoms with Crippen molar-refractivity contribution >= 4 is 40.9 Å². The Morgan fingerprint density at radius 1 is 1.45 bits per heavy atom. The summed E-state index contributed by atoms with van der Waals surface area (Å²) in [7, 11) is 0. The maximum atomic E-state index is 11.5. The molecule has 0 saturated heterocycles. The first kappa shape index (κ1) is 16.4. The first-order valence-electron chi connectivity index (χ1n) is 5.61. The van der Waals surface area contributed by atoms with Gasteiger partial charge in [0, 0.05) is 11.1 Å². The van der Waals surface area contributed by atoms with Crippen LogP contribution in [0.2, 0.25) is 0 Å². The van der Waals surface area contributed by atoms with Crippen molar-refractivity contribution in [1.82, 2.24) is 10.3 Å². The van der Waals surface area contributed by atoms with Gasteiger partial charge in [-0.05, 0) is 6.92 Å². The number of nitrogens with one attached hydrogen (secondary N) is 1. The van der Waals surface area contributed by atoms with E-state index in [1.807, 2.05) is 12.3 Å². The molecule has 0 bridgehead atoms. The van der Waals surface area contributed by atoms with E-state index < -0.39 is 30.3 Å². The quantitative estimate of drug-likeness (QED) is 0.647. The molecule has 9 heteroatoms. The van der Waals surface area contributed by atoms with Gasteiger partial charge in [0.15, 0.2) is 0 Å². The summed E-state index contributed by atoms with van der Waals surface area (Å²) in [4.78, 5) is 37.0. The molecule has 1 heterocycles. The molecule has 0 aliphatic rings. The van der Waals surface area contributed by atoms with Crippen LogP contribution in [0.4, 0.5) is 0 Å². The lowest BCUT2D eigenvalue weighted by molar-refractivity contribution is -0.147. The Morgan fingerprint density at radius 2 is 2.15 bits per heavy atom. The molecule has 1 aromatic rings. The summed E-state index contributed by atoms with van der Waals surface area (Å²) in [6.45, 7) is 1.88. The fourth-order valence-corrected chi connectivity index (χ4v) is 2.78. The van der Waals surface area contributed by atoms with Crippen LogP contribution in [0.5, 0.6) is 0 Å². The zero-order valence-electron chi connectivity index (χ0n) is 10.7. The average molecular weight is 318 g/mol. The van der Waals surface area contributed by atoms with Crippen LogP contribution in [-0.4, -0.2) is 44.8 Å². The van der Waals surface area contributed by atoms with E-state index in [0.717, 1.165) is 10.7 Å². The highest BCUT2D eigenvalue weighted by Crippen LogP contribution is 2.14. The van der Waals surface area contributed by atoms with Crippen molar-refractivity contribution < 1.29 is 24.6 Å². The van der Waals surface area contributed by atoms with Gasteiger partial charge in [-0.3, -0.25) is 9.59 Å². The molecule has 1 aromatic heterocycles. The lowest BCUT2D eigenvalue weighted by atomic mass is 10.2. The number of carbonyl (C=O) groups is 3. The fraction of sp³-hybridized carbons (Fsp3) is 0.455. The Labute approximate surface area is 123 Å². The monoisotopic (exact) mass is 318 g/mol. The number of thiazole rings is 1. The molecule has 20 heavy (non-hydrogen) atoms. The largest absolute Gasteiger partial charge is 0.481 e. The number of hydrogen-bond acceptors (Lipinski definition) is 6. The van der Waals surface area contributed by atoms with E-state index in [-0.39, 0.29) is 5.75 Å². The molecule has 1 amide bonds. The number of hydrogen-bond donors (Lipinski definition) is 3. The van der Waals surface area contributed by atoms with Crippen molar-refractivity contribution in [2.45, 2.75) is 25.1 Å². The number of thioether (sulfide) groups is 1. The topological polar surface area (TPSA) is 117 Å². The third-order valence-corrected chi connectivity index (χ3v) is 3.95. The van der Waals surface area contributed by atoms with Gasteiger partial charge in [0.25, 0.3) is 0 Å². The van der Waals surface area contributed by atoms with Gasteiger partial charge in [0.2, 0.25) is 5.91 Å². The summed E-state index contributed by atoms with van der Waals surface area (Å²) < 4.78 is 0. The van der Waals surface area contributed by atoms with Gasteiger partial charge in [0.1, 0.15) is 6.04 Å². The normalized spacial score (nSPS) is 11.8. The number of carbonyl (C=O) groups excluding carboxylic acids is 1. The molecule has 1 rings (SSSR count). The SMILES string of the molecule is Cc1nc(CSCC(=O)NC(CC(=O)O)C(=O)O)cs1. The van der Waals surface area contributed by atoms with Crippen LogP contribution in [0.15, 0.2) is 5.38 Å². The van der Waals surface area contributed by atoms with Crippen LogP contribution >= 0.6 is 23.1 Å². The predicted molar refractivity (Wildman–Crippen MR) is 74.8 cm³/mol. The van der Waals surface area contributed by atoms with Gasteiger partial charge in [-0.2, -0.15) is 0 Å². The molecule has 1 unspecified atom stereocenters. The van der Waals surface area contributed by atoms with Crippen molar-refractivity contribution in [3.05, 3.63) is 16.1 Å². The Bertz CT molecular complexity index is 503. The Hall–Kier alpha value is -1.61. The fourth-order valence-electron chi connectivity index (χ4n) is 1.33. The van der Waals surface area contributed by atoms with Crippen molar-refractivity contribution in [1.29, 1.82) is 0 Å². The summed E-state index contributed by atoms with van der Waals surface area (Å²) >= 11 is 2.81. The zero-order chi connectivity index (χ0) is 15.1. The van der Waals surface area contributed by atoms with E-state index in [4.69, 9.17) is 10.2 Å². The number of amides is 1. The molecule has 0 spiro atoms. The number of aliphatic carboxylic acids is 2. The van der Waals surface area contributed by atoms with Crippen molar-refractivity contribution in [2.75, 3.05) is 5.75 Å². The molecule has 0 fully saturated rings. The second kappa shape index (κ2) is 7.85. The maximum absolute atomic E-state index is 11.5. The highest BCUT2D eigenvalue weighted by molar-refractivity contribution is 7.99. The van der Waals surface area contributed by atoms with Crippen LogP contribution in [0.1, 0.15) is 17.1 Å². The first-order valence-corrected chi connectivity index (χ1v) is 7.64. The van der Waals surface area contributed by atoms with Crippen LogP contribution in [0, 0.1) is 6.92 Å². The average Bonchev–Trinajstić information content (AvgIpc) is 2.73. The number of aryl methyl sites for hydroxylation is 1. The molecule has 0 aliphatic carbocycles. The summed E-state index contributed by atoms with van der Waals surface area (Å²) in [6, 6.07) is -1.40. The Balaban J connectivity index is 2.34. The van der Waals surface area contributed by atoms with E-state index in [0.29, 0.717) is 5.75 Å². The van der Waals surface area contributed by atoms with E-state index >= 15 is 0 Å². The number of carboxylic acids is 2.